The molecule has 0 aliphatic rings. The fraction of sp³-hybridized carbons (Fsp3) is 0.364. The van der Waals surface area contributed by atoms with E-state index in [2.05, 4.69) is 12.6 Å². The maximum atomic E-state index is 11.0. The number of hydrogen-bond acceptors (Lipinski definition) is 7. The van der Waals surface area contributed by atoms with Gasteiger partial charge in [-0.15, -0.1) is 11.8 Å². The van der Waals surface area contributed by atoms with Crippen molar-refractivity contribution in [3.63, 3.8) is 0 Å². The molecule has 0 aliphatic heterocycles. The average molecular weight is 319 g/mol. The second-order valence-electron chi connectivity index (χ2n) is 3.84. The van der Waals surface area contributed by atoms with Gasteiger partial charge in [-0.3, -0.25) is 10.1 Å². The Bertz CT molecular complexity index is 510. The number of thioether (sulfide) groups is 1. The Hall–Kier alpha value is -1.29. The molecule has 0 saturated carbocycles. The van der Waals surface area contributed by atoms with E-state index in [1.54, 1.807) is 0 Å². The third-order valence-electron chi connectivity index (χ3n) is 2.45. The highest BCUT2D eigenvalue weighted by molar-refractivity contribution is 7.99. The Labute approximate surface area is 124 Å². The topological polar surface area (TPSA) is 121 Å². The van der Waals surface area contributed by atoms with Crippen molar-refractivity contribution in [2.45, 2.75) is 17.1 Å². The van der Waals surface area contributed by atoms with Crippen LogP contribution in [0.25, 0.3) is 0 Å². The number of carboxylic acids is 1. The molecular weight excluding hydrogens is 306 g/mol. The molecule has 0 radical (unpaired) electrons. The van der Waals surface area contributed by atoms with Crippen molar-refractivity contribution < 1.29 is 25.0 Å². The van der Waals surface area contributed by atoms with Crippen LogP contribution in [0.4, 0.5) is 5.69 Å². The molecule has 7 nitrogen and oxygen atoms in total. The Kier molecular flexibility index (Phi) is 6.27. The van der Waals surface area contributed by atoms with Crippen molar-refractivity contribution in [3.05, 3.63) is 33.9 Å². The Morgan fingerprint density at radius 1 is 1.40 bits per heavy atom. The number of para-hydroxylation sites is 1. The molecular formula is C11H13NO6S2. The molecule has 0 bridgehead atoms. The number of nitrogens with zero attached hydrogens (tertiary/aromatic N) is 1. The summed E-state index contributed by atoms with van der Waals surface area (Å²) >= 11 is 4.74. The lowest BCUT2D eigenvalue weighted by molar-refractivity contribution is -0.388. The van der Waals surface area contributed by atoms with E-state index >= 15 is 0 Å². The van der Waals surface area contributed by atoms with Gasteiger partial charge >= 0.3 is 5.97 Å². The highest BCUT2D eigenvalue weighted by atomic mass is 32.2. The first-order valence-corrected chi connectivity index (χ1v) is 7.10. The van der Waals surface area contributed by atoms with E-state index in [9.17, 15) is 25.1 Å². The zero-order valence-electron chi connectivity index (χ0n) is 10.2. The predicted molar refractivity (Wildman–Crippen MR) is 76.6 cm³/mol. The fourth-order valence-corrected chi connectivity index (χ4v) is 2.72. The summed E-state index contributed by atoms with van der Waals surface area (Å²) in [5, 5.41) is 38.9. The molecule has 1 rings (SSSR count). The molecule has 0 saturated heterocycles. The van der Waals surface area contributed by atoms with Crippen molar-refractivity contribution in [2.75, 3.05) is 11.5 Å². The van der Waals surface area contributed by atoms with Crippen molar-refractivity contribution in [1.82, 2.24) is 0 Å². The highest BCUT2D eigenvalue weighted by Crippen LogP contribution is 2.33. The van der Waals surface area contributed by atoms with E-state index in [0.717, 1.165) is 17.8 Å². The van der Waals surface area contributed by atoms with Crippen LogP contribution in [0.15, 0.2) is 23.1 Å². The van der Waals surface area contributed by atoms with Gasteiger partial charge in [-0.2, -0.15) is 12.6 Å². The summed E-state index contributed by atoms with van der Waals surface area (Å²) in [7, 11) is 0. The van der Waals surface area contributed by atoms with Crippen LogP contribution in [0.2, 0.25) is 0 Å². The molecule has 2 atom stereocenters. The van der Waals surface area contributed by atoms with Gasteiger partial charge in [-0.1, -0.05) is 6.07 Å². The van der Waals surface area contributed by atoms with Gasteiger partial charge in [0.15, 0.2) is 0 Å². The Morgan fingerprint density at radius 2 is 2.05 bits per heavy atom. The smallest absolute Gasteiger partial charge is 0.342 e. The first-order chi connectivity index (χ1) is 9.38. The number of nitro groups is 1. The Balaban J connectivity index is 2.98. The number of rotatable bonds is 7. The van der Waals surface area contributed by atoms with Crippen LogP contribution in [0.3, 0.4) is 0 Å². The van der Waals surface area contributed by atoms with Crippen LogP contribution < -0.4 is 0 Å². The van der Waals surface area contributed by atoms with Gasteiger partial charge in [0.1, 0.15) is 5.56 Å². The van der Waals surface area contributed by atoms with E-state index in [1.165, 1.54) is 12.1 Å². The minimum absolute atomic E-state index is 0.00829. The number of aromatic carboxylic acids is 1. The van der Waals surface area contributed by atoms with E-state index < -0.39 is 34.4 Å². The second-order valence-corrected chi connectivity index (χ2v) is 5.27. The van der Waals surface area contributed by atoms with Gasteiger partial charge in [-0.05, 0) is 12.1 Å². The van der Waals surface area contributed by atoms with Gasteiger partial charge in [0.25, 0.3) is 5.69 Å². The SMILES string of the molecule is O=C(O)c1cccc(SCC(O)C(O)CS)c1[N+](=O)[O-]. The zero-order chi connectivity index (χ0) is 15.3. The standard InChI is InChI=1S/C11H13NO6S2/c13-7(4-19)8(14)5-20-9-3-1-2-6(11(15)16)10(9)12(17)18/h1-3,7-8,13-14,19H,4-5H2,(H,15,16). The van der Waals surface area contributed by atoms with Crippen molar-refractivity contribution in [1.29, 1.82) is 0 Å². The van der Waals surface area contributed by atoms with Crippen LogP contribution >= 0.6 is 24.4 Å². The van der Waals surface area contributed by atoms with Gasteiger partial charge in [-0.25, -0.2) is 4.79 Å². The largest absolute Gasteiger partial charge is 0.477 e. The molecule has 2 unspecified atom stereocenters. The molecule has 9 heteroatoms. The van der Waals surface area contributed by atoms with E-state index in [4.69, 9.17) is 5.11 Å². The quantitative estimate of drug-likeness (QED) is 0.256. The first-order valence-electron chi connectivity index (χ1n) is 5.49. The van der Waals surface area contributed by atoms with Gasteiger partial charge < -0.3 is 15.3 Å². The monoisotopic (exact) mass is 319 g/mol. The second kappa shape index (κ2) is 7.48. The number of aliphatic hydroxyl groups excluding tert-OH is 2. The van der Waals surface area contributed by atoms with Gasteiger partial charge in [0, 0.05) is 11.5 Å². The summed E-state index contributed by atoms with van der Waals surface area (Å²) in [5.74, 6) is -1.35. The van der Waals surface area contributed by atoms with E-state index in [1.807, 2.05) is 0 Å². The molecule has 0 aromatic heterocycles. The molecule has 0 amide bonds. The average Bonchev–Trinajstić information content (AvgIpc) is 2.42. The molecule has 0 heterocycles. The number of hydrogen-bond donors (Lipinski definition) is 4. The predicted octanol–water partition coefficient (Wildman–Crippen LogP) is 1.04. The summed E-state index contributed by atoms with van der Waals surface area (Å²) in [6, 6.07) is 3.93. The minimum atomic E-state index is -1.39. The molecule has 1 aromatic rings. The lowest BCUT2D eigenvalue weighted by Gasteiger charge is -2.15. The summed E-state index contributed by atoms with van der Waals surface area (Å²) in [6.45, 7) is 0. The van der Waals surface area contributed by atoms with Crippen molar-refractivity contribution in [3.8, 4) is 0 Å². The molecule has 0 spiro atoms. The Morgan fingerprint density at radius 3 is 2.55 bits per heavy atom. The lowest BCUT2D eigenvalue weighted by Crippen LogP contribution is -2.29. The number of nitro benzene ring substituents is 1. The fourth-order valence-electron chi connectivity index (χ4n) is 1.41. The summed E-state index contributed by atoms with van der Waals surface area (Å²) in [5.41, 5.74) is -0.929. The van der Waals surface area contributed by atoms with E-state index in [-0.39, 0.29) is 16.4 Å². The van der Waals surface area contributed by atoms with Crippen LogP contribution in [-0.4, -0.2) is 49.9 Å². The van der Waals surface area contributed by atoms with E-state index in [0.29, 0.717) is 0 Å². The van der Waals surface area contributed by atoms with Gasteiger partial charge in [0.2, 0.25) is 0 Å². The van der Waals surface area contributed by atoms with Crippen molar-refractivity contribution >= 4 is 36.0 Å². The molecule has 0 fully saturated rings. The third-order valence-corrected chi connectivity index (χ3v) is 3.98. The maximum absolute atomic E-state index is 11.0. The summed E-state index contributed by atoms with van der Waals surface area (Å²) in [6.07, 6.45) is -2.15. The first kappa shape index (κ1) is 16.8. The van der Waals surface area contributed by atoms with Crippen molar-refractivity contribution in [2.24, 2.45) is 0 Å². The summed E-state index contributed by atoms with van der Waals surface area (Å²) < 4.78 is 0. The minimum Gasteiger partial charge on any atom is -0.477 e. The number of aliphatic hydroxyl groups is 2. The maximum Gasteiger partial charge on any atom is 0.342 e. The number of benzene rings is 1. The lowest BCUT2D eigenvalue weighted by atomic mass is 10.2. The normalized spacial score (nSPS) is 13.8. The molecule has 3 N–H and O–H groups in total. The third kappa shape index (κ3) is 4.10. The number of carboxylic acid groups (broad SMARTS) is 1. The molecule has 0 aliphatic carbocycles. The molecule has 1 aromatic carbocycles. The molecule has 20 heavy (non-hydrogen) atoms. The van der Waals surface area contributed by atoms with Crippen LogP contribution in [0.5, 0.6) is 0 Å². The van der Waals surface area contributed by atoms with Gasteiger partial charge in [0.05, 0.1) is 22.0 Å². The number of carbonyl (C=O) groups is 1. The summed E-state index contributed by atoms with van der Waals surface area (Å²) in [4.78, 5) is 21.3. The molecule has 110 valence electrons. The highest BCUT2D eigenvalue weighted by Gasteiger charge is 2.25. The van der Waals surface area contributed by atoms with Crippen LogP contribution in [0, 0.1) is 10.1 Å². The van der Waals surface area contributed by atoms with Crippen LogP contribution in [-0.2, 0) is 0 Å². The number of thiol groups is 1. The zero-order valence-corrected chi connectivity index (χ0v) is 11.9. The van der Waals surface area contributed by atoms with Crippen LogP contribution in [0.1, 0.15) is 10.4 Å².